The van der Waals surface area contributed by atoms with Crippen LogP contribution in [0, 0.1) is 0 Å². The van der Waals surface area contributed by atoms with Crippen molar-refractivity contribution < 1.29 is 0 Å². The van der Waals surface area contributed by atoms with Crippen LogP contribution in [0.3, 0.4) is 0 Å². The Morgan fingerprint density at radius 2 is 2.10 bits per heavy atom. The second kappa shape index (κ2) is 5.44. The lowest BCUT2D eigenvalue weighted by atomic mass is 9.71. The highest BCUT2D eigenvalue weighted by molar-refractivity contribution is 6.30. The van der Waals surface area contributed by atoms with Crippen molar-refractivity contribution in [1.82, 2.24) is 0 Å². The predicted octanol–water partition coefficient (Wildman–Crippen LogP) is 5.69. The minimum Gasteiger partial charge on any atom is -0.379 e. The summed E-state index contributed by atoms with van der Waals surface area (Å²) in [5, 5.41) is 4.77. The van der Waals surface area contributed by atoms with E-state index in [1.54, 1.807) is 0 Å². The second-order valence-corrected chi connectivity index (χ2v) is 7.03. The van der Waals surface area contributed by atoms with Crippen LogP contribution in [0.2, 0.25) is 5.02 Å². The third-order valence-corrected chi connectivity index (χ3v) is 5.23. The molecule has 0 amide bonds. The number of rotatable bonds is 2. The maximum atomic E-state index is 6.30. The molecule has 1 fully saturated rings. The van der Waals surface area contributed by atoms with E-state index in [2.05, 4.69) is 31.0 Å². The van der Waals surface area contributed by atoms with E-state index in [0.29, 0.717) is 11.5 Å². The van der Waals surface area contributed by atoms with E-state index in [0.717, 1.165) is 11.4 Å². The Bertz CT molecular complexity index is 514. The van der Waals surface area contributed by atoms with Crippen molar-refractivity contribution >= 4 is 17.3 Å². The fourth-order valence-electron chi connectivity index (χ4n) is 4.11. The van der Waals surface area contributed by atoms with Gasteiger partial charge in [-0.05, 0) is 54.9 Å². The van der Waals surface area contributed by atoms with Crippen molar-refractivity contribution in [1.29, 1.82) is 0 Å². The lowest BCUT2D eigenvalue weighted by molar-refractivity contribution is 0.281. The molecule has 1 N–H and O–H groups in total. The summed E-state index contributed by atoms with van der Waals surface area (Å²) >= 11 is 6.30. The van der Waals surface area contributed by atoms with Crippen LogP contribution in [0.25, 0.3) is 0 Å². The van der Waals surface area contributed by atoms with E-state index >= 15 is 0 Å². The summed E-state index contributed by atoms with van der Waals surface area (Å²) in [5.41, 5.74) is 4.37. The van der Waals surface area contributed by atoms with Crippen molar-refractivity contribution in [3.8, 4) is 0 Å². The smallest absolute Gasteiger partial charge is 0.0416 e. The molecule has 1 unspecified atom stereocenters. The quantitative estimate of drug-likeness (QED) is 0.690. The average Bonchev–Trinajstić information content (AvgIpc) is 2.42. The van der Waals surface area contributed by atoms with Gasteiger partial charge in [0.05, 0.1) is 0 Å². The largest absolute Gasteiger partial charge is 0.379 e. The lowest BCUT2D eigenvalue weighted by Gasteiger charge is -2.46. The molecule has 0 radical (unpaired) electrons. The number of fused-ring (bicyclic) bond motifs is 1. The molecule has 20 heavy (non-hydrogen) atoms. The number of hydrogen-bond acceptors (Lipinski definition) is 1. The van der Waals surface area contributed by atoms with Gasteiger partial charge in [0, 0.05) is 16.2 Å². The highest BCUT2D eigenvalue weighted by Gasteiger charge is 2.38. The van der Waals surface area contributed by atoms with E-state index in [1.165, 1.54) is 55.3 Å². The van der Waals surface area contributed by atoms with Crippen LogP contribution < -0.4 is 5.32 Å². The van der Waals surface area contributed by atoms with Gasteiger partial charge in [-0.2, -0.15) is 0 Å². The van der Waals surface area contributed by atoms with E-state index in [9.17, 15) is 0 Å². The van der Waals surface area contributed by atoms with Gasteiger partial charge in [0.2, 0.25) is 0 Å². The summed E-state index contributed by atoms with van der Waals surface area (Å²) in [4.78, 5) is 0. The second-order valence-electron chi connectivity index (χ2n) is 6.59. The molecular formula is C18H24ClN. The first-order chi connectivity index (χ1) is 9.63. The van der Waals surface area contributed by atoms with Crippen LogP contribution in [-0.4, -0.2) is 5.54 Å². The normalized spacial score (nSPS) is 24.0. The summed E-state index contributed by atoms with van der Waals surface area (Å²) in [6, 6.07) is 4.25. The van der Waals surface area contributed by atoms with Gasteiger partial charge in [0.25, 0.3) is 0 Å². The zero-order valence-corrected chi connectivity index (χ0v) is 13.1. The van der Waals surface area contributed by atoms with Crippen molar-refractivity contribution in [2.45, 2.75) is 63.3 Å². The van der Waals surface area contributed by atoms with Crippen molar-refractivity contribution in [3.05, 3.63) is 40.9 Å². The molecule has 1 heterocycles. The van der Waals surface area contributed by atoms with Gasteiger partial charge in [-0.15, -0.1) is 6.58 Å². The molecule has 1 saturated carbocycles. The Kier molecular flexibility index (Phi) is 3.81. The van der Waals surface area contributed by atoms with Gasteiger partial charge >= 0.3 is 0 Å². The molecule has 0 aromatic heterocycles. The van der Waals surface area contributed by atoms with Gasteiger partial charge < -0.3 is 5.32 Å². The zero-order chi connectivity index (χ0) is 14.2. The SMILES string of the molecule is C=CCc1cc(Cl)cc2c1NC1(CCCCC1)CC2C. The minimum absolute atomic E-state index is 0.328. The lowest BCUT2D eigenvalue weighted by Crippen LogP contribution is -2.44. The molecule has 2 heteroatoms. The molecule has 1 aliphatic heterocycles. The molecule has 1 aliphatic carbocycles. The number of halogens is 1. The Balaban J connectivity index is 2.02. The fourth-order valence-corrected chi connectivity index (χ4v) is 4.36. The van der Waals surface area contributed by atoms with Crippen LogP contribution in [-0.2, 0) is 6.42 Å². The highest BCUT2D eigenvalue weighted by Crippen LogP contribution is 2.47. The molecular weight excluding hydrogens is 266 g/mol. The van der Waals surface area contributed by atoms with Crippen molar-refractivity contribution in [3.63, 3.8) is 0 Å². The third-order valence-electron chi connectivity index (χ3n) is 5.01. The predicted molar refractivity (Wildman–Crippen MR) is 87.8 cm³/mol. The summed E-state index contributed by atoms with van der Waals surface area (Å²) in [6.07, 6.45) is 10.8. The number of anilines is 1. The van der Waals surface area contributed by atoms with E-state index in [4.69, 9.17) is 11.6 Å². The van der Waals surface area contributed by atoms with Crippen LogP contribution in [0.15, 0.2) is 24.8 Å². The maximum Gasteiger partial charge on any atom is 0.0416 e. The topological polar surface area (TPSA) is 12.0 Å². The summed E-state index contributed by atoms with van der Waals surface area (Å²) in [5.74, 6) is 0.589. The van der Waals surface area contributed by atoms with Crippen LogP contribution in [0.1, 0.15) is 62.5 Å². The summed E-state index contributed by atoms with van der Waals surface area (Å²) in [6.45, 7) is 6.24. The molecule has 0 saturated heterocycles. The Morgan fingerprint density at radius 1 is 1.35 bits per heavy atom. The molecule has 1 nitrogen and oxygen atoms in total. The van der Waals surface area contributed by atoms with Gasteiger partial charge in [-0.25, -0.2) is 0 Å². The number of allylic oxidation sites excluding steroid dienone is 1. The molecule has 0 bridgehead atoms. The first-order valence-corrected chi connectivity index (χ1v) is 8.23. The third kappa shape index (κ3) is 2.48. The maximum absolute atomic E-state index is 6.30. The number of nitrogens with one attached hydrogen (secondary N) is 1. The monoisotopic (exact) mass is 289 g/mol. The highest BCUT2D eigenvalue weighted by atomic mass is 35.5. The Labute approximate surface area is 127 Å². The minimum atomic E-state index is 0.328. The van der Waals surface area contributed by atoms with E-state index in [-0.39, 0.29) is 0 Å². The first-order valence-electron chi connectivity index (χ1n) is 7.85. The van der Waals surface area contributed by atoms with Crippen molar-refractivity contribution in [2.24, 2.45) is 0 Å². The van der Waals surface area contributed by atoms with Gasteiger partial charge in [0.15, 0.2) is 0 Å². The average molecular weight is 290 g/mol. The molecule has 3 rings (SSSR count). The Morgan fingerprint density at radius 3 is 2.80 bits per heavy atom. The van der Waals surface area contributed by atoms with Gasteiger partial charge in [0.1, 0.15) is 0 Å². The number of benzene rings is 1. The van der Waals surface area contributed by atoms with Crippen LogP contribution >= 0.6 is 11.6 Å². The van der Waals surface area contributed by atoms with Gasteiger partial charge in [-0.1, -0.05) is 43.9 Å². The fraction of sp³-hybridized carbons (Fsp3) is 0.556. The number of hydrogen-bond donors (Lipinski definition) is 1. The van der Waals surface area contributed by atoms with Crippen LogP contribution in [0.4, 0.5) is 5.69 Å². The summed E-state index contributed by atoms with van der Waals surface area (Å²) in [7, 11) is 0. The molecule has 2 aliphatic rings. The standard InChI is InChI=1S/C18H24ClN/c1-3-7-14-10-15(19)11-16-13(2)12-18(20-17(14)16)8-5-4-6-9-18/h3,10-11,13,20H,1,4-9,12H2,2H3. The van der Waals surface area contributed by atoms with E-state index < -0.39 is 0 Å². The molecule has 1 aromatic rings. The zero-order valence-electron chi connectivity index (χ0n) is 12.3. The first kappa shape index (κ1) is 14.0. The Hall–Kier alpha value is -0.950. The molecule has 1 atom stereocenters. The van der Waals surface area contributed by atoms with Crippen molar-refractivity contribution in [2.75, 3.05) is 5.32 Å². The molecule has 108 valence electrons. The molecule has 1 spiro atoms. The van der Waals surface area contributed by atoms with Gasteiger partial charge in [-0.3, -0.25) is 0 Å². The molecule has 1 aromatic carbocycles. The van der Waals surface area contributed by atoms with Crippen LogP contribution in [0.5, 0.6) is 0 Å². The summed E-state index contributed by atoms with van der Waals surface area (Å²) < 4.78 is 0. The van der Waals surface area contributed by atoms with E-state index in [1.807, 2.05) is 6.08 Å².